The summed E-state index contributed by atoms with van der Waals surface area (Å²) in [6, 6.07) is 1.53. The van der Waals surface area contributed by atoms with Gasteiger partial charge >= 0.3 is 0 Å². The van der Waals surface area contributed by atoms with Crippen LogP contribution in [0, 0.1) is 5.82 Å². The molecule has 0 bridgehead atoms. The van der Waals surface area contributed by atoms with E-state index in [1.54, 1.807) is 6.20 Å². The maximum atomic E-state index is 13.1. The highest BCUT2D eigenvalue weighted by atomic mass is 19.1. The molecule has 0 aliphatic rings. The molecule has 0 unspecified atom stereocenters. The van der Waals surface area contributed by atoms with Gasteiger partial charge in [-0.1, -0.05) is 6.92 Å². The van der Waals surface area contributed by atoms with Gasteiger partial charge in [-0.3, -0.25) is 9.88 Å². The van der Waals surface area contributed by atoms with Crippen molar-refractivity contribution >= 4 is 0 Å². The van der Waals surface area contributed by atoms with E-state index in [0.29, 0.717) is 13.1 Å². The van der Waals surface area contributed by atoms with Crippen LogP contribution in [0.25, 0.3) is 0 Å². The number of pyridine rings is 1. The predicted octanol–water partition coefficient (Wildman–Crippen LogP) is 2.17. The van der Waals surface area contributed by atoms with Crippen LogP contribution < -0.4 is 5.73 Å². The fourth-order valence-electron chi connectivity index (χ4n) is 1.76. The molecule has 0 spiro atoms. The second-order valence-corrected chi connectivity index (χ2v) is 4.95. The quantitative estimate of drug-likeness (QED) is 0.827. The lowest BCUT2D eigenvalue weighted by Gasteiger charge is -2.37. The zero-order chi connectivity index (χ0) is 12.9. The van der Waals surface area contributed by atoms with Crippen LogP contribution in [-0.2, 0) is 6.54 Å². The van der Waals surface area contributed by atoms with Gasteiger partial charge in [-0.2, -0.15) is 0 Å². The number of nitrogens with zero attached hydrogens (tertiary/aromatic N) is 2. The summed E-state index contributed by atoms with van der Waals surface area (Å²) in [5.74, 6) is -0.287. The Labute approximate surface area is 103 Å². The van der Waals surface area contributed by atoms with E-state index in [-0.39, 0.29) is 11.4 Å². The van der Waals surface area contributed by atoms with Gasteiger partial charge in [0, 0.05) is 24.8 Å². The minimum absolute atomic E-state index is 0.0810. The number of nitrogens with two attached hydrogens (primary N) is 1. The molecule has 4 heteroatoms. The van der Waals surface area contributed by atoms with Crippen LogP contribution in [-0.4, -0.2) is 28.5 Å². The van der Waals surface area contributed by atoms with Crippen molar-refractivity contribution in [3.05, 3.63) is 29.8 Å². The average Bonchev–Trinajstić information content (AvgIpc) is 2.28. The van der Waals surface area contributed by atoms with E-state index in [1.807, 2.05) is 0 Å². The molecule has 0 radical (unpaired) electrons. The molecule has 0 aliphatic carbocycles. The largest absolute Gasteiger partial charge is 0.329 e. The van der Waals surface area contributed by atoms with Gasteiger partial charge < -0.3 is 5.73 Å². The van der Waals surface area contributed by atoms with Gasteiger partial charge in [-0.25, -0.2) is 4.39 Å². The standard InChI is InChI=1S/C13H22FN3/c1-4-5-17(13(2,3)10-15)9-11-6-12(14)8-16-7-11/h6-8H,4-5,9-10,15H2,1-3H3. The van der Waals surface area contributed by atoms with Gasteiger partial charge in [-0.05, 0) is 38.4 Å². The van der Waals surface area contributed by atoms with Gasteiger partial charge in [0.2, 0.25) is 0 Å². The second kappa shape index (κ2) is 6.07. The Hall–Kier alpha value is -1.00. The monoisotopic (exact) mass is 239 g/mol. The van der Waals surface area contributed by atoms with Crippen LogP contribution in [0.3, 0.4) is 0 Å². The summed E-state index contributed by atoms with van der Waals surface area (Å²) in [7, 11) is 0. The van der Waals surface area contributed by atoms with Crippen molar-refractivity contribution in [2.24, 2.45) is 5.73 Å². The van der Waals surface area contributed by atoms with Gasteiger partial charge in [0.25, 0.3) is 0 Å². The molecule has 1 rings (SSSR count). The number of rotatable bonds is 6. The molecule has 2 N–H and O–H groups in total. The van der Waals surface area contributed by atoms with E-state index < -0.39 is 0 Å². The van der Waals surface area contributed by atoms with Crippen LogP contribution >= 0.6 is 0 Å². The van der Waals surface area contributed by atoms with Crippen LogP contribution in [0.4, 0.5) is 4.39 Å². The number of hydrogen-bond donors (Lipinski definition) is 1. The fraction of sp³-hybridized carbons (Fsp3) is 0.615. The lowest BCUT2D eigenvalue weighted by atomic mass is 10.0. The van der Waals surface area contributed by atoms with E-state index >= 15 is 0 Å². The molecule has 0 aliphatic heterocycles. The summed E-state index contributed by atoms with van der Waals surface area (Å²) >= 11 is 0. The third kappa shape index (κ3) is 4.06. The molecular weight excluding hydrogens is 217 g/mol. The molecular formula is C13H22FN3. The minimum atomic E-state index is -0.287. The maximum absolute atomic E-state index is 13.1. The van der Waals surface area contributed by atoms with Crippen LogP contribution in [0.15, 0.2) is 18.5 Å². The third-order valence-electron chi connectivity index (χ3n) is 2.98. The lowest BCUT2D eigenvalue weighted by molar-refractivity contribution is 0.118. The van der Waals surface area contributed by atoms with E-state index in [1.165, 1.54) is 12.3 Å². The summed E-state index contributed by atoms with van der Waals surface area (Å²) in [4.78, 5) is 6.14. The highest BCUT2D eigenvalue weighted by Gasteiger charge is 2.24. The third-order valence-corrected chi connectivity index (χ3v) is 2.98. The Balaban J connectivity index is 2.80. The highest BCUT2D eigenvalue weighted by molar-refractivity contribution is 5.10. The van der Waals surface area contributed by atoms with Gasteiger partial charge in [-0.15, -0.1) is 0 Å². The van der Waals surface area contributed by atoms with Crippen molar-refractivity contribution in [3.63, 3.8) is 0 Å². The summed E-state index contributed by atoms with van der Waals surface area (Å²) in [6.07, 6.45) is 3.98. The normalized spacial score (nSPS) is 12.1. The van der Waals surface area contributed by atoms with E-state index in [2.05, 4.69) is 30.7 Å². The fourth-order valence-corrected chi connectivity index (χ4v) is 1.76. The van der Waals surface area contributed by atoms with Gasteiger partial charge in [0.1, 0.15) is 5.82 Å². The molecule has 1 heterocycles. The van der Waals surface area contributed by atoms with Crippen molar-refractivity contribution < 1.29 is 4.39 Å². The molecule has 96 valence electrons. The Morgan fingerprint density at radius 3 is 2.65 bits per heavy atom. The number of hydrogen-bond acceptors (Lipinski definition) is 3. The highest BCUT2D eigenvalue weighted by Crippen LogP contribution is 2.17. The smallest absolute Gasteiger partial charge is 0.141 e. The van der Waals surface area contributed by atoms with Crippen molar-refractivity contribution in [2.45, 2.75) is 39.3 Å². The van der Waals surface area contributed by atoms with Crippen LogP contribution in [0.1, 0.15) is 32.8 Å². The second-order valence-electron chi connectivity index (χ2n) is 4.95. The molecule has 0 fully saturated rings. The van der Waals surface area contributed by atoms with Crippen LogP contribution in [0.5, 0.6) is 0 Å². The SMILES string of the molecule is CCCN(Cc1cncc(F)c1)C(C)(C)CN. The Kier molecular flexibility index (Phi) is 5.02. The number of aromatic nitrogens is 1. The van der Waals surface area contributed by atoms with Crippen LogP contribution in [0.2, 0.25) is 0 Å². The lowest BCUT2D eigenvalue weighted by Crippen LogP contribution is -2.49. The van der Waals surface area contributed by atoms with Gasteiger partial charge in [0.05, 0.1) is 6.20 Å². The summed E-state index contributed by atoms with van der Waals surface area (Å²) < 4.78 is 13.1. The average molecular weight is 239 g/mol. The summed E-state index contributed by atoms with van der Waals surface area (Å²) in [6.45, 7) is 8.55. The minimum Gasteiger partial charge on any atom is -0.329 e. The molecule has 3 nitrogen and oxygen atoms in total. The Morgan fingerprint density at radius 2 is 2.12 bits per heavy atom. The first-order valence-electron chi connectivity index (χ1n) is 6.04. The molecule has 0 amide bonds. The molecule has 1 aromatic rings. The molecule has 0 saturated heterocycles. The first-order valence-corrected chi connectivity index (χ1v) is 6.04. The molecule has 0 atom stereocenters. The topological polar surface area (TPSA) is 42.2 Å². The Bertz CT molecular complexity index is 352. The van der Waals surface area contributed by atoms with E-state index in [0.717, 1.165) is 18.5 Å². The zero-order valence-corrected chi connectivity index (χ0v) is 10.9. The Morgan fingerprint density at radius 1 is 1.41 bits per heavy atom. The molecule has 17 heavy (non-hydrogen) atoms. The van der Waals surface area contributed by atoms with Crippen molar-refractivity contribution in [2.75, 3.05) is 13.1 Å². The molecule has 0 aromatic carbocycles. The van der Waals surface area contributed by atoms with E-state index in [9.17, 15) is 4.39 Å². The van der Waals surface area contributed by atoms with Crippen molar-refractivity contribution in [3.8, 4) is 0 Å². The van der Waals surface area contributed by atoms with Crippen molar-refractivity contribution in [1.29, 1.82) is 0 Å². The first-order chi connectivity index (χ1) is 7.99. The first kappa shape index (κ1) is 14.1. The predicted molar refractivity (Wildman–Crippen MR) is 68.0 cm³/mol. The molecule has 1 aromatic heterocycles. The van der Waals surface area contributed by atoms with E-state index in [4.69, 9.17) is 5.73 Å². The summed E-state index contributed by atoms with van der Waals surface area (Å²) in [5.41, 5.74) is 6.60. The summed E-state index contributed by atoms with van der Waals surface area (Å²) in [5, 5.41) is 0. The van der Waals surface area contributed by atoms with Crippen molar-refractivity contribution in [1.82, 2.24) is 9.88 Å². The zero-order valence-electron chi connectivity index (χ0n) is 10.9. The number of halogens is 1. The van der Waals surface area contributed by atoms with Gasteiger partial charge in [0.15, 0.2) is 0 Å². The maximum Gasteiger partial charge on any atom is 0.141 e. The molecule has 0 saturated carbocycles.